The van der Waals surface area contributed by atoms with E-state index in [1.54, 1.807) is 31.4 Å². The number of methoxy groups -OCH3 is 1. The molecule has 0 radical (unpaired) electrons. The van der Waals surface area contributed by atoms with E-state index in [2.05, 4.69) is 5.32 Å². The lowest BCUT2D eigenvalue weighted by Gasteiger charge is -2.10. The average Bonchev–Trinajstić information content (AvgIpc) is 2.45. The molecule has 0 heterocycles. The van der Waals surface area contributed by atoms with Crippen LogP contribution in [0.3, 0.4) is 0 Å². The number of hydrogen-bond acceptors (Lipinski definition) is 4. The number of aliphatic hydroxyl groups excluding tert-OH is 1. The van der Waals surface area contributed by atoms with Crippen LogP contribution in [0.15, 0.2) is 24.3 Å². The largest absolute Gasteiger partial charge is 0.491 e. The molecule has 0 aromatic heterocycles. The smallest absolute Gasteiger partial charge is 0.251 e. The Bertz CT molecular complexity index is 395. The lowest BCUT2D eigenvalue weighted by atomic mass is 10.2. The van der Waals surface area contributed by atoms with Crippen molar-refractivity contribution in [3.63, 3.8) is 0 Å². The third-order valence-corrected chi connectivity index (χ3v) is 2.62. The predicted octanol–water partition coefficient (Wildman–Crippen LogP) is 1.21. The number of carbonyl (C=O) groups excluding carboxylic acids is 1. The molecule has 106 valence electrons. The van der Waals surface area contributed by atoms with Crippen LogP contribution in [0.5, 0.6) is 5.75 Å². The van der Waals surface area contributed by atoms with Crippen LogP contribution in [0, 0.1) is 0 Å². The summed E-state index contributed by atoms with van der Waals surface area (Å²) in [6, 6.07) is 6.92. The quantitative estimate of drug-likeness (QED) is 0.695. The van der Waals surface area contributed by atoms with Gasteiger partial charge in [-0.1, -0.05) is 13.0 Å². The highest BCUT2D eigenvalue weighted by Gasteiger charge is 2.08. The third kappa shape index (κ3) is 5.72. The van der Waals surface area contributed by atoms with E-state index < -0.39 is 6.10 Å². The van der Waals surface area contributed by atoms with Crippen molar-refractivity contribution in [3.8, 4) is 5.75 Å². The maximum absolute atomic E-state index is 11.8. The molecule has 1 aromatic rings. The number of nitrogens with one attached hydrogen (secondary N) is 1. The van der Waals surface area contributed by atoms with Gasteiger partial charge < -0.3 is 19.9 Å². The standard InChI is InChI=1S/C14H21NO4/c1-3-12(16)10-15-14(17)11-5-4-6-13(9-11)19-8-7-18-2/h4-6,9,12,16H,3,7-8,10H2,1-2H3,(H,15,17)/t12-/m1/s1. The van der Waals surface area contributed by atoms with Gasteiger partial charge in [0.1, 0.15) is 12.4 Å². The summed E-state index contributed by atoms with van der Waals surface area (Å²) in [5, 5.41) is 12.1. The molecule has 0 aliphatic rings. The Hall–Kier alpha value is -1.59. The van der Waals surface area contributed by atoms with E-state index in [1.807, 2.05) is 6.92 Å². The monoisotopic (exact) mass is 267 g/mol. The van der Waals surface area contributed by atoms with Gasteiger partial charge in [-0.15, -0.1) is 0 Å². The van der Waals surface area contributed by atoms with Gasteiger partial charge in [0, 0.05) is 19.2 Å². The van der Waals surface area contributed by atoms with Gasteiger partial charge in [0.05, 0.1) is 12.7 Å². The van der Waals surface area contributed by atoms with Gasteiger partial charge in [0.25, 0.3) is 5.91 Å². The van der Waals surface area contributed by atoms with Crippen LogP contribution in [0.1, 0.15) is 23.7 Å². The summed E-state index contributed by atoms with van der Waals surface area (Å²) >= 11 is 0. The molecule has 5 heteroatoms. The molecule has 1 atom stereocenters. The minimum absolute atomic E-state index is 0.218. The van der Waals surface area contributed by atoms with E-state index >= 15 is 0 Å². The zero-order valence-corrected chi connectivity index (χ0v) is 11.4. The molecule has 19 heavy (non-hydrogen) atoms. The van der Waals surface area contributed by atoms with E-state index in [0.717, 1.165) is 0 Å². The van der Waals surface area contributed by atoms with E-state index in [9.17, 15) is 9.90 Å². The van der Waals surface area contributed by atoms with E-state index in [-0.39, 0.29) is 12.5 Å². The van der Waals surface area contributed by atoms with Crippen LogP contribution in [-0.2, 0) is 4.74 Å². The molecule has 0 saturated carbocycles. The molecule has 1 amide bonds. The predicted molar refractivity (Wildman–Crippen MR) is 72.4 cm³/mol. The fourth-order valence-electron chi connectivity index (χ4n) is 1.43. The number of aliphatic hydroxyl groups is 1. The summed E-state index contributed by atoms with van der Waals surface area (Å²) in [6.07, 6.45) is 0.102. The van der Waals surface area contributed by atoms with E-state index in [0.29, 0.717) is 30.9 Å². The number of carbonyl (C=O) groups is 1. The van der Waals surface area contributed by atoms with Gasteiger partial charge in [-0.25, -0.2) is 0 Å². The van der Waals surface area contributed by atoms with Gasteiger partial charge >= 0.3 is 0 Å². The lowest BCUT2D eigenvalue weighted by molar-refractivity contribution is 0.0913. The molecule has 0 fully saturated rings. The van der Waals surface area contributed by atoms with Crippen molar-refractivity contribution in [1.82, 2.24) is 5.32 Å². The summed E-state index contributed by atoms with van der Waals surface area (Å²) in [5.74, 6) is 0.408. The van der Waals surface area contributed by atoms with Crippen molar-refractivity contribution in [1.29, 1.82) is 0 Å². The molecule has 1 rings (SSSR count). The Labute approximate surface area is 113 Å². The van der Waals surface area contributed by atoms with Gasteiger partial charge in [-0.05, 0) is 24.6 Å². The minimum Gasteiger partial charge on any atom is -0.491 e. The second kappa shape index (κ2) is 8.50. The first-order valence-electron chi connectivity index (χ1n) is 6.35. The second-order valence-electron chi connectivity index (χ2n) is 4.14. The van der Waals surface area contributed by atoms with Crippen molar-refractivity contribution in [2.45, 2.75) is 19.4 Å². The summed E-state index contributed by atoms with van der Waals surface area (Å²) in [6.45, 7) is 3.06. The van der Waals surface area contributed by atoms with Crippen molar-refractivity contribution >= 4 is 5.91 Å². The Morgan fingerprint density at radius 1 is 1.42 bits per heavy atom. The number of benzene rings is 1. The van der Waals surface area contributed by atoms with Gasteiger partial charge in [-0.2, -0.15) is 0 Å². The SMILES string of the molecule is CC[C@@H](O)CNC(=O)c1cccc(OCCOC)c1. The molecule has 0 unspecified atom stereocenters. The summed E-state index contributed by atoms with van der Waals surface area (Å²) in [4.78, 5) is 11.8. The number of ether oxygens (including phenoxy) is 2. The van der Waals surface area contributed by atoms with E-state index in [4.69, 9.17) is 9.47 Å². The van der Waals surface area contributed by atoms with Gasteiger partial charge in [0.15, 0.2) is 0 Å². The van der Waals surface area contributed by atoms with Crippen LogP contribution in [0.2, 0.25) is 0 Å². The highest BCUT2D eigenvalue weighted by Crippen LogP contribution is 2.13. The lowest BCUT2D eigenvalue weighted by Crippen LogP contribution is -2.31. The highest BCUT2D eigenvalue weighted by molar-refractivity contribution is 5.94. The molecule has 0 aliphatic heterocycles. The first-order chi connectivity index (χ1) is 9.17. The highest BCUT2D eigenvalue weighted by atomic mass is 16.5. The molecule has 0 aliphatic carbocycles. The van der Waals surface area contributed by atoms with Gasteiger partial charge in [-0.3, -0.25) is 4.79 Å². The zero-order valence-electron chi connectivity index (χ0n) is 11.4. The Morgan fingerprint density at radius 2 is 2.21 bits per heavy atom. The van der Waals surface area contributed by atoms with Crippen LogP contribution >= 0.6 is 0 Å². The Balaban J connectivity index is 2.52. The molecule has 0 saturated heterocycles. The van der Waals surface area contributed by atoms with E-state index in [1.165, 1.54) is 0 Å². The van der Waals surface area contributed by atoms with Gasteiger partial charge in [0.2, 0.25) is 0 Å². The fraction of sp³-hybridized carbons (Fsp3) is 0.500. The first kappa shape index (κ1) is 15.5. The fourth-order valence-corrected chi connectivity index (χ4v) is 1.43. The van der Waals surface area contributed by atoms with Crippen molar-refractivity contribution < 1.29 is 19.4 Å². The third-order valence-electron chi connectivity index (χ3n) is 2.62. The number of hydrogen-bond donors (Lipinski definition) is 2. The molecular formula is C14H21NO4. The molecule has 1 aromatic carbocycles. The molecule has 0 spiro atoms. The zero-order chi connectivity index (χ0) is 14.1. The normalized spacial score (nSPS) is 11.9. The molecular weight excluding hydrogens is 246 g/mol. The average molecular weight is 267 g/mol. The van der Waals surface area contributed by atoms with Crippen LogP contribution in [0.4, 0.5) is 0 Å². The Morgan fingerprint density at radius 3 is 2.89 bits per heavy atom. The van der Waals surface area contributed by atoms with Crippen LogP contribution < -0.4 is 10.1 Å². The maximum atomic E-state index is 11.8. The molecule has 0 bridgehead atoms. The van der Waals surface area contributed by atoms with Crippen molar-refractivity contribution in [3.05, 3.63) is 29.8 Å². The first-order valence-corrected chi connectivity index (χ1v) is 6.35. The topological polar surface area (TPSA) is 67.8 Å². The summed E-state index contributed by atoms with van der Waals surface area (Å²) < 4.78 is 10.3. The maximum Gasteiger partial charge on any atom is 0.251 e. The Kier molecular flexibility index (Phi) is 6.92. The molecule has 2 N–H and O–H groups in total. The second-order valence-corrected chi connectivity index (χ2v) is 4.14. The molecule has 5 nitrogen and oxygen atoms in total. The number of amides is 1. The van der Waals surface area contributed by atoms with Crippen molar-refractivity contribution in [2.24, 2.45) is 0 Å². The van der Waals surface area contributed by atoms with Crippen LogP contribution in [-0.4, -0.2) is 44.0 Å². The minimum atomic E-state index is -0.509. The van der Waals surface area contributed by atoms with Crippen LogP contribution in [0.25, 0.3) is 0 Å². The summed E-state index contributed by atoms with van der Waals surface area (Å²) in [5.41, 5.74) is 0.512. The summed E-state index contributed by atoms with van der Waals surface area (Å²) in [7, 11) is 1.60. The van der Waals surface area contributed by atoms with Crippen molar-refractivity contribution in [2.75, 3.05) is 26.9 Å². The number of rotatable bonds is 8.